The number of hydrogen-bond acceptors (Lipinski definition) is 2. The highest BCUT2D eigenvalue weighted by molar-refractivity contribution is 6.34. The third kappa shape index (κ3) is 3.73. The van der Waals surface area contributed by atoms with Crippen molar-refractivity contribution in [1.29, 1.82) is 0 Å². The van der Waals surface area contributed by atoms with E-state index in [1.54, 1.807) is 6.20 Å². The van der Waals surface area contributed by atoms with Crippen LogP contribution in [0.5, 0.6) is 0 Å². The summed E-state index contributed by atoms with van der Waals surface area (Å²) < 4.78 is 0. The number of rotatable bonds is 3. The zero-order valence-electron chi connectivity index (χ0n) is 14.4. The Kier molecular flexibility index (Phi) is 5.78. The van der Waals surface area contributed by atoms with Crippen LogP contribution in [0.2, 0.25) is 5.02 Å². The molecule has 2 heterocycles. The van der Waals surface area contributed by atoms with E-state index in [1.165, 1.54) is 5.69 Å². The Hall–Kier alpha value is -1.87. The van der Waals surface area contributed by atoms with E-state index in [2.05, 4.69) is 47.9 Å². The minimum Gasteiger partial charge on any atom is -0.358 e. The third-order valence-corrected chi connectivity index (χ3v) is 4.01. The van der Waals surface area contributed by atoms with Crippen LogP contribution in [-0.4, -0.2) is 15.0 Å². The first kappa shape index (κ1) is 17.5. The van der Waals surface area contributed by atoms with Crippen LogP contribution < -0.4 is 0 Å². The maximum atomic E-state index is 6.42. The van der Waals surface area contributed by atoms with Crippen LogP contribution >= 0.6 is 11.6 Å². The summed E-state index contributed by atoms with van der Waals surface area (Å²) in [6.45, 7) is 10.4. The van der Waals surface area contributed by atoms with Crippen molar-refractivity contribution in [2.45, 2.75) is 47.0 Å². The molecular formula is C19H24ClN3. The van der Waals surface area contributed by atoms with Gasteiger partial charge >= 0.3 is 0 Å². The second kappa shape index (κ2) is 7.60. The molecule has 4 heteroatoms. The van der Waals surface area contributed by atoms with E-state index in [1.807, 2.05) is 26.1 Å². The molecule has 0 saturated heterocycles. The van der Waals surface area contributed by atoms with Gasteiger partial charge in [-0.15, -0.1) is 0 Å². The Morgan fingerprint density at radius 1 is 1.09 bits per heavy atom. The molecule has 0 amide bonds. The molecule has 0 atom stereocenters. The maximum Gasteiger partial charge on any atom is 0.0901 e. The topological polar surface area (TPSA) is 41.6 Å². The molecule has 23 heavy (non-hydrogen) atoms. The normalized spacial score (nSPS) is 10.7. The van der Waals surface area contributed by atoms with E-state index >= 15 is 0 Å². The first-order valence-electron chi connectivity index (χ1n) is 8.22. The Bertz CT molecular complexity index is 773. The summed E-state index contributed by atoms with van der Waals surface area (Å²) in [4.78, 5) is 12.3. The average molecular weight is 330 g/mol. The first-order valence-corrected chi connectivity index (χ1v) is 8.59. The molecular weight excluding hydrogens is 306 g/mol. The highest BCUT2D eigenvalue weighted by Crippen LogP contribution is 2.32. The summed E-state index contributed by atoms with van der Waals surface area (Å²) in [5.74, 6) is 0.461. The largest absolute Gasteiger partial charge is 0.358 e. The van der Waals surface area contributed by atoms with E-state index in [0.717, 1.165) is 34.3 Å². The summed E-state index contributed by atoms with van der Waals surface area (Å²) in [5, 5.41) is 1.83. The number of benzene rings is 1. The number of aryl methyl sites for hydroxylation is 1. The molecule has 0 unspecified atom stereocenters. The van der Waals surface area contributed by atoms with Crippen molar-refractivity contribution in [3.8, 4) is 11.3 Å². The lowest BCUT2D eigenvalue weighted by atomic mass is 10.1. The van der Waals surface area contributed by atoms with Gasteiger partial charge in [-0.05, 0) is 30.5 Å². The van der Waals surface area contributed by atoms with Gasteiger partial charge in [0.25, 0.3) is 0 Å². The molecule has 3 nitrogen and oxygen atoms in total. The average Bonchev–Trinajstić information content (AvgIpc) is 2.99. The molecule has 1 aromatic carbocycles. The van der Waals surface area contributed by atoms with Gasteiger partial charge in [-0.3, -0.25) is 9.97 Å². The van der Waals surface area contributed by atoms with Crippen molar-refractivity contribution in [2.24, 2.45) is 0 Å². The molecule has 0 aliphatic carbocycles. The Balaban J connectivity index is 0.000000924. The Morgan fingerprint density at radius 2 is 1.83 bits per heavy atom. The zero-order valence-corrected chi connectivity index (χ0v) is 15.2. The van der Waals surface area contributed by atoms with Crippen molar-refractivity contribution >= 4 is 22.5 Å². The van der Waals surface area contributed by atoms with E-state index in [4.69, 9.17) is 11.6 Å². The summed E-state index contributed by atoms with van der Waals surface area (Å²) in [6, 6.07) is 6.20. The molecule has 122 valence electrons. The molecule has 0 aliphatic rings. The van der Waals surface area contributed by atoms with Gasteiger partial charge in [0.1, 0.15) is 0 Å². The van der Waals surface area contributed by atoms with Crippen LogP contribution in [0.4, 0.5) is 0 Å². The molecule has 0 bridgehead atoms. The number of nitrogens with one attached hydrogen (secondary N) is 1. The fraction of sp³-hybridized carbons (Fsp3) is 0.368. The van der Waals surface area contributed by atoms with Gasteiger partial charge in [0.05, 0.1) is 22.6 Å². The third-order valence-electron chi connectivity index (χ3n) is 3.69. The minimum atomic E-state index is 0.461. The lowest BCUT2D eigenvalue weighted by molar-refractivity contribution is 0.836. The van der Waals surface area contributed by atoms with Gasteiger partial charge in [0, 0.05) is 28.4 Å². The van der Waals surface area contributed by atoms with Gasteiger partial charge < -0.3 is 4.98 Å². The van der Waals surface area contributed by atoms with Gasteiger partial charge in [-0.2, -0.15) is 0 Å². The molecule has 0 aliphatic heterocycles. The van der Waals surface area contributed by atoms with E-state index in [9.17, 15) is 0 Å². The van der Waals surface area contributed by atoms with Gasteiger partial charge in [-0.25, -0.2) is 0 Å². The molecule has 2 aromatic heterocycles. The van der Waals surface area contributed by atoms with Crippen LogP contribution in [0.1, 0.15) is 51.9 Å². The Morgan fingerprint density at radius 3 is 2.39 bits per heavy atom. The van der Waals surface area contributed by atoms with Gasteiger partial charge in [0.15, 0.2) is 0 Å². The SMILES string of the molecule is CC.CCc1cnc(-c2cc3[nH]c(C(C)C)cc3cc2Cl)cn1. The lowest BCUT2D eigenvalue weighted by Gasteiger charge is -2.05. The fourth-order valence-corrected chi connectivity index (χ4v) is 2.63. The smallest absolute Gasteiger partial charge is 0.0901 e. The summed E-state index contributed by atoms with van der Waals surface area (Å²) in [6.07, 6.45) is 4.48. The molecule has 1 N–H and O–H groups in total. The van der Waals surface area contributed by atoms with Crippen LogP contribution in [0.3, 0.4) is 0 Å². The standard InChI is InChI=1S/C17H18ClN3.C2H6/c1-4-12-8-20-17(9-19-12)13-7-16-11(5-14(13)18)6-15(21-16)10(2)3;1-2/h5-10,21H,4H2,1-3H3;1-2H3. The van der Waals surface area contributed by atoms with Crippen molar-refractivity contribution in [2.75, 3.05) is 0 Å². The fourth-order valence-electron chi connectivity index (χ4n) is 2.36. The number of fused-ring (bicyclic) bond motifs is 1. The number of H-pyrrole nitrogens is 1. The van der Waals surface area contributed by atoms with Crippen molar-refractivity contribution in [3.63, 3.8) is 0 Å². The summed E-state index contributed by atoms with van der Waals surface area (Å²) in [7, 11) is 0. The molecule has 0 radical (unpaired) electrons. The number of halogens is 1. The van der Waals surface area contributed by atoms with Crippen molar-refractivity contribution in [1.82, 2.24) is 15.0 Å². The van der Waals surface area contributed by atoms with Crippen LogP contribution in [0.25, 0.3) is 22.2 Å². The molecule has 0 saturated carbocycles. The number of hydrogen-bond donors (Lipinski definition) is 1. The highest BCUT2D eigenvalue weighted by Gasteiger charge is 2.11. The Labute approximate surface area is 143 Å². The first-order chi connectivity index (χ1) is 11.1. The molecule has 3 rings (SSSR count). The van der Waals surface area contributed by atoms with E-state index in [0.29, 0.717) is 10.9 Å². The lowest BCUT2D eigenvalue weighted by Crippen LogP contribution is -1.91. The van der Waals surface area contributed by atoms with E-state index < -0.39 is 0 Å². The second-order valence-electron chi connectivity index (χ2n) is 5.55. The molecule has 0 spiro atoms. The highest BCUT2D eigenvalue weighted by atomic mass is 35.5. The maximum absolute atomic E-state index is 6.42. The van der Waals surface area contributed by atoms with Gasteiger partial charge in [-0.1, -0.05) is 46.2 Å². The van der Waals surface area contributed by atoms with Crippen LogP contribution in [0.15, 0.2) is 30.6 Å². The number of aromatic nitrogens is 3. The number of nitrogens with zero attached hydrogens (tertiary/aromatic N) is 2. The van der Waals surface area contributed by atoms with Crippen LogP contribution in [0, 0.1) is 0 Å². The predicted molar refractivity (Wildman–Crippen MR) is 99.1 cm³/mol. The van der Waals surface area contributed by atoms with Crippen molar-refractivity contribution < 1.29 is 0 Å². The van der Waals surface area contributed by atoms with Crippen molar-refractivity contribution in [3.05, 3.63) is 47.0 Å². The molecule has 3 aromatic rings. The predicted octanol–water partition coefficient (Wildman–Crippen LogP) is 5.99. The molecule has 0 fully saturated rings. The second-order valence-corrected chi connectivity index (χ2v) is 5.95. The monoisotopic (exact) mass is 329 g/mol. The van der Waals surface area contributed by atoms with Gasteiger partial charge in [0.2, 0.25) is 0 Å². The minimum absolute atomic E-state index is 0.461. The summed E-state index contributed by atoms with van der Waals surface area (Å²) in [5.41, 5.74) is 5.00. The van der Waals surface area contributed by atoms with E-state index in [-0.39, 0.29) is 0 Å². The number of aromatic amines is 1. The van der Waals surface area contributed by atoms with Crippen LogP contribution in [-0.2, 0) is 6.42 Å². The zero-order chi connectivity index (χ0) is 17.0. The quantitative estimate of drug-likeness (QED) is 0.641. The summed E-state index contributed by atoms with van der Waals surface area (Å²) >= 11 is 6.42.